The van der Waals surface area contributed by atoms with E-state index in [2.05, 4.69) is 51.1 Å². The number of thioether (sulfide) groups is 1. The summed E-state index contributed by atoms with van der Waals surface area (Å²) in [5.74, 6) is 0.669. The zero-order valence-electron chi connectivity index (χ0n) is 20.2. The van der Waals surface area contributed by atoms with Gasteiger partial charge in [-0.3, -0.25) is 4.98 Å². The molecular formula is C28H28NNaO3S. The molecule has 170 valence electrons. The summed E-state index contributed by atoms with van der Waals surface area (Å²) >= 11 is 1.62. The van der Waals surface area contributed by atoms with Crippen molar-refractivity contribution in [3.05, 3.63) is 93.8 Å². The third kappa shape index (κ3) is 6.33. The molecule has 1 unspecified atom stereocenters. The first-order valence-electron chi connectivity index (χ1n) is 11.2. The summed E-state index contributed by atoms with van der Waals surface area (Å²) in [6, 6.07) is 18.6. The van der Waals surface area contributed by atoms with Gasteiger partial charge >= 0.3 is 29.6 Å². The third-order valence-electron chi connectivity index (χ3n) is 5.78. The fraction of sp³-hybridized carbons (Fsp3) is 0.286. The molecule has 2 aromatic carbocycles. The number of aryl methyl sites for hydroxylation is 1. The standard InChI is InChI=1S/C28H29NO3S.Na/c1-18(2)27-19(3)8-11-22(29-27)12-9-20-10-13-25-24(16-20)28(33-15-14-26(30)31)23-7-5-4-6-21(23)17-32-25;/h4-13,16,18,28H,14-15,17H2,1-3H3,(H,30,31);/q;+1/p-1/b12-9+;. The number of carboxylic acid groups (broad SMARTS) is 1. The molecule has 0 spiro atoms. The number of carbonyl (C=O) groups excluding carboxylic acids is 1. The fourth-order valence-electron chi connectivity index (χ4n) is 4.11. The number of carbonyl (C=O) groups is 1. The Hall–Kier alpha value is -2.05. The normalized spacial score (nSPS) is 14.6. The molecule has 6 heteroatoms. The van der Waals surface area contributed by atoms with Crippen molar-refractivity contribution in [2.75, 3.05) is 5.75 Å². The topological polar surface area (TPSA) is 62.2 Å². The number of carboxylic acids is 1. The van der Waals surface area contributed by atoms with Crippen LogP contribution in [0.3, 0.4) is 0 Å². The number of benzene rings is 2. The Morgan fingerprint density at radius 1 is 1.15 bits per heavy atom. The van der Waals surface area contributed by atoms with Crippen molar-refractivity contribution in [3.63, 3.8) is 0 Å². The van der Waals surface area contributed by atoms with Gasteiger partial charge in [-0.2, -0.15) is 0 Å². The second-order valence-electron chi connectivity index (χ2n) is 8.58. The summed E-state index contributed by atoms with van der Waals surface area (Å²) < 4.78 is 6.13. The van der Waals surface area contributed by atoms with Crippen molar-refractivity contribution < 1.29 is 44.2 Å². The number of fused-ring (bicyclic) bond motifs is 2. The Labute approximate surface area is 228 Å². The van der Waals surface area contributed by atoms with Crippen LogP contribution in [0.5, 0.6) is 5.75 Å². The molecule has 4 rings (SSSR count). The first-order chi connectivity index (χ1) is 15.9. The van der Waals surface area contributed by atoms with Crippen LogP contribution in [0.2, 0.25) is 0 Å². The fourth-order valence-corrected chi connectivity index (χ4v) is 5.40. The Morgan fingerprint density at radius 3 is 2.71 bits per heavy atom. The number of pyridine rings is 1. The van der Waals surface area contributed by atoms with Crippen LogP contribution in [0, 0.1) is 6.92 Å². The Morgan fingerprint density at radius 2 is 1.94 bits per heavy atom. The van der Waals surface area contributed by atoms with Crippen LogP contribution in [0.15, 0.2) is 54.6 Å². The van der Waals surface area contributed by atoms with Gasteiger partial charge in [-0.1, -0.05) is 56.3 Å². The number of rotatable bonds is 7. The zero-order valence-corrected chi connectivity index (χ0v) is 23.0. The van der Waals surface area contributed by atoms with E-state index in [1.54, 1.807) is 11.8 Å². The zero-order chi connectivity index (χ0) is 23.4. The van der Waals surface area contributed by atoms with Gasteiger partial charge in [0, 0.05) is 17.2 Å². The van der Waals surface area contributed by atoms with E-state index in [0.29, 0.717) is 18.3 Å². The number of nitrogens with zero attached hydrogens (tertiary/aromatic N) is 1. The summed E-state index contributed by atoms with van der Waals surface area (Å²) in [6.45, 7) is 6.91. The molecule has 0 aliphatic carbocycles. The Balaban J connectivity index is 0.00000324. The van der Waals surface area contributed by atoms with Crippen LogP contribution in [0.4, 0.5) is 0 Å². The van der Waals surface area contributed by atoms with Crippen molar-refractivity contribution in [1.29, 1.82) is 0 Å². The minimum atomic E-state index is -1.02. The van der Waals surface area contributed by atoms with Gasteiger partial charge in [0.2, 0.25) is 0 Å². The summed E-state index contributed by atoms with van der Waals surface area (Å²) in [6.07, 6.45) is 4.13. The molecule has 0 bridgehead atoms. The minimum Gasteiger partial charge on any atom is -0.550 e. The first kappa shape index (κ1) is 26.6. The van der Waals surface area contributed by atoms with E-state index in [-0.39, 0.29) is 41.2 Å². The summed E-state index contributed by atoms with van der Waals surface area (Å²) in [7, 11) is 0. The summed E-state index contributed by atoms with van der Waals surface area (Å²) in [5, 5.41) is 11.0. The smallest absolute Gasteiger partial charge is 0.550 e. The van der Waals surface area contributed by atoms with Gasteiger partial charge in [0.1, 0.15) is 12.4 Å². The van der Waals surface area contributed by atoms with Gasteiger partial charge < -0.3 is 14.6 Å². The van der Waals surface area contributed by atoms with Crippen molar-refractivity contribution in [3.8, 4) is 5.75 Å². The van der Waals surface area contributed by atoms with Crippen LogP contribution < -0.4 is 39.4 Å². The molecule has 1 aliphatic heterocycles. The average Bonchev–Trinajstić information content (AvgIpc) is 2.95. The van der Waals surface area contributed by atoms with Crippen molar-refractivity contribution in [2.45, 2.75) is 45.0 Å². The molecule has 1 atom stereocenters. The predicted molar refractivity (Wildman–Crippen MR) is 133 cm³/mol. The second kappa shape index (κ2) is 12.1. The van der Waals surface area contributed by atoms with Crippen LogP contribution in [0.1, 0.15) is 70.6 Å². The predicted octanol–water partition coefficient (Wildman–Crippen LogP) is 2.54. The quantitative estimate of drug-likeness (QED) is 0.486. The molecule has 0 radical (unpaired) electrons. The SMILES string of the molecule is Cc1ccc(/C=C/c2ccc3c(c2)C(SCCC(=O)[O-])c2ccccc2CO3)nc1C(C)C.[Na+]. The molecule has 1 aromatic heterocycles. The molecule has 3 aromatic rings. The van der Waals surface area contributed by atoms with Gasteiger partial charge in [-0.05, 0) is 71.5 Å². The van der Waals surface area contributed by atoms with E-state index < -0.39 is 5.97 Å². The van der Waals surface area contributed by atoms with E-state index in [4.69, 9.17) is 9.72 Å². The number of aromatic nitrogens is 1. The van der Waals surface area contributed by atoms with Crippen molar-refractivity contribution in [2.24, 2.45) is 0 Å². The average molecular weight is 482 g/mol. The van der Waals surface area contributed by atoms with Gasteiger partial charge in [0.05, 0.1) is 10.9 Å². The van der Waals surface area contributed by atoms with Crippen molar-refractivity contribution in [1.82, 2.24) is 4.98 Å². The molecular weight excluding hydrogens is 453 g/mol. The second-order valence-corrected chi connectivity index (χ2v) is 9.80. The van der Waals surface area contributed by atoms with E-state index in [1.807, 2.05) is 36.4 Å². The largest absolute Gasteiger partial charge is 1.00 e. The summed E-state index contributed by atoms with van der Waals surface area (Å²) in [5.41, 5.74) is 7.67. The maximum absolute atomic E-state index is 11.0. The van der Waals surface area contributed by atoms with Crippen molar-refractivity contribution >= 4 is 29.9 Å². The van der Waals surface area contributed by atoms with Crippen LogP contribution >= 0.6 is 11.8 Å². The van der Waals surface area contributed by atoms with Gasteiger partial charge in [0.15, 0.2) is 0 Å². The summed E-state index contributed by atoms with van der Waals surface area (Å²) in [4.78, 5) is 15.8. The molecule has 0 saturated carbocycles. The first-order valence-corrected chi connectivity index (χ1v) is 12.3. The molecule has 1 aliphatic rings. The number of aliphatic carboxylic acids is 1. The van der Waals surface area contributed by atoms with Gasteiger partial charge in [-0.15, -0.1) is 11.8 Å². The maximum atomic E-state index is 11.0. The Kier molecular flexibility index (Phi) is 9.43. The third-order valence-corrected chi connectivity index (χ3v) is 7.06. The van der Waals surface area contributed by atoms with Crippen LogP contribution in [0.25, 0.3) is 12.2 Å². The number of hydrogen-bond donors (Lipinski definition) is 0. The van der Waals surface area contributed by atoms with E-state index in [1.165, 1.54) is 11.1 Å². The molecule has 0 amide bonds. The number of ether oxygens (including phenoxy) is 1. The molecule has 0 N–H and O–H groups in total. The molecule has 34 heavy (non-hydrogen) atoms. The monoisotopic (exact) mass is 481 g/mol. The van der Waals surface area contributed by atoms with Gasteiger partial charge in [0.25, 0.3) is 0 Å². The van der Waals surface area contributed by atoms with Crippen LogP contribution in [-0.2, 0) is 11.4 Å². The molecule has 0 fully saturated rings. The number of hydrogen-bond acceptors (Lipinski definition) is 5. The minimum absolute atomic E-state index is 0. The molecule has 0 saturated heterocycles. The Bertz CT molecular complexity index is 1190. The molecule has 2 heterocycles. The molecule has 4 nitrogen and oxygen atoms in total. The van der Waals surface area contributed by atoms with E-state index in [0.717, 1.165) is 33.8 Å². The van der Waals surface area contributed by atoms with Gasteiger partial charge in [-0.25, -0.2) is 0 Å². The maximum Gasteiger partial charge on any atom is 1.00 e. The van der Waals surface area contributed by atoms with E-state index in [9.17, 15) is 9.90 Å². The van der Waals surface area contributed by atoms with E-state index >= 15 is 0 Å². The van der Waals surface area contributed by atoms with Crippen LogP contribution in [-0.4, -0.2) is 16.7 Å².